The predicted octanol–water partition coefficient (Wildman–Crippen LogP) is 1.39. The van der Waals surface area contributed by atoms with Crippen molar-refractivity contribution in [1.29, 1.82) is 0 Å². The summed E-state index contributed by atoms with van der Waals surface area (Å²) >= 11 is 0. The number of nitrogens with one attached hydrogen (secondary N) is 1. The van der Waals surface area contributed by atoms with Gasteiger partial charge in [0.25, 0.3) is 0 Å². The topological polar surface area (TPSA) is 24.5 Å². The molecule has 2 aliphatic rings. The van der Waals surface area contributed by atoms with Gasteiger partial charge in [0.2, 0.25) is 0 Å². The van der Waals surface area contributed by atoms with Crippen molar-refractivity contribution in [3.63, 3.8) is 0 Å². The maximum atomic E-state index is 13.1. The summed E-state index contributed by atoms with van der Waals surface area (Å²) in [7, 11) is 0. The maximum absolute atomic E-state index is 13.1. The molecule has 3 rings (SSSR count). The molecule has 0 spiro atoms. The second-order valence-electron chi connectivity index (χ2n) is 4.30. The fraction of sp³-hybridized carbons (Fsp3) is 0.500. The van der Waals surface area contributed by atoms with E-state index in [0.717, 1.165) is 31.7 Å². The van der Waals surface area contributed by atoms with E-state index in [1.165, 1.54) is 12.1 Å². The number of halogens is 1. The number of ether oxygens (including phenoxy) is 1. The fourth-order valence-electron chi connectivity index (χ4n) is 2.48. The summed E-state index contributed by atoms with van der Waals surface area (Å²) in [5, 5.41) is 3.38. The molecule has 0 radical (unpaired) electrons. The number of hydrogen-bond donors (Lipinski definition) is 1. The lowest BCUT2D eigenvalue weighted by Gasteiger charge is -2.36. The van der Waals surface area contributed by atoms with Crippen LogP contribution in [0.1, 0.15) is 6.42 Å². The van der Waals surface area contributed by atoms with Crippen LogP contribution in [0, 0.1) is 5.82 Å². The zero-order valence-corrected chi connectivity index (χ0v) is 9.08. The van der Waals surface area contributed by atoms with Crippen LogP contribution in [-0.2, 0) is 0 Å². The van der Waals surface area contributed by atoms with Gasteiger partial charge >= 0.3 is 0 Å². The Labute approximate surface area is 94.2 Å². The van der Waals surface area contributed by atoms with Gasteiger partial charge in [0.15, 0.2) is 0 Å². The highest BCUT2D eigenvalue weighted by Gasteiger charge is 2.27. The summed E-state index contributed by atoms with van der Waals surface area (Å²) in [5.41, 5.74) is 1.03. The highest BCUT2D eigenvalue weighted by Crippen LogP contribution is 2.34. The van der Waals surface area contributed by atoms with Gasteiger partial charge in [-0.05, 0) is 12.1 Å². The van der Waals surface area contributed by atoms with Gasteiger partial charge in [-0.1, -0.05) is 0 Å². The highest BCUT2D eigenvalue weighted by atomic mass is 19.1. The molecule has 1 atom stereocenters. The largest absolute Gasteiger partial charge is 0.491 e. The third kappa shape index (κ3) is 1.63. The first-order chi connectivity index (χ1) is 7.84. The third-order valence-electron chi connectivity index (χ3n) is 3.29. The normalized spacial score (nSPS) is 24.1. The lowest BCUT2D eigenvalue weighted by Crippen LogP contribution is -2.51. The smallest absolute Gasteiger partial charge is 0.145 e. The van der Waals surface area contributed by atoms with E-state index in [4.69, 9.17) is 4.74 Å². The van der Waals surface area contributed by atoms with Gasteiger partial charge in [-0.2, -0.15) is 0 Å². The molecule has 2 aliphatic heterocycles. The Balaban J connectivity index is 2.00. The Morgan fingerprint density at radius 2 is 2.38 bits per heavy atom. The van der Waals surface area contributed by atoms with Gasteiger partial charge in [-0.3, -0.25) is 0 Å². The van der Waals surface area contributed by atoms with Gasteiger partial charge in [0.05, 0.1) is 12.3 Å². The zero-order valence-electron chi connectivity index (χ0n) is 9.08. The Hall–Kier alpha value is -1.29. The number of anilines is 1. The summed E-state index contributed by atoms with van der Waals surface area (Å²) in [6.07, 6.45) is 0.989. The quantitative estimate of drug-likeness (QED) is 0.718. The second kappa shape index (κ2) is 3.94. The van der Waals surface area contributed by atoms with Gasteiger partial charge in [0, 0.05) is 38.2 Å². The van der Waals surface area contributed by atoms with E-state index < -0.39 is 0 Å². The standard InChI is InChI=1S/C12H15FN2O/c13-9-1-2-11-12(7-9)16-6-3-10-8-14-4-5-15(10)11/h1-2,7,10,14H,3-6,8H2/t10-/m0/s1. The van der Waals surface area contributed by atoms with Crippen molar-refractivity contribution in [3.05, 3.63) is 24.0 Å². The van der Waals surface area contributed by atoms with E-state index in [0.29, 0.717) is 18.4 Å². The third-order valence-corrected chi connectivity index (χ3v) is 3.29. The Bertz CT molecular complexity index is 397. The SMILES string of the molecule is Fc1ccc2c(c1)OCC[C@H]1CNCCN21. The first-order valence-corrected chi connectivity index (χ1v) is 5.74. The zero-order chi connectivity index (χ0) is 11.0. The minimum Gasteiger partial charge on any atom is -0.491 e. The van der Waals surface area contributed by atoms with Crippen molar-refractivity contribution in [2.45, 2.75) is 12.5 Å². The van der Waals surface area contributed by atoms with Crippen LogP contribution < -0.4 is 15.0 Å². The Morgan fingerprint density at radius 3 is 3.31 bits per heavy atom. The van der Waals surface area contributed by atoms with Gasteiger partial charge in [-0.15, -0.1) is 0 Å². The van der Waals surface area contributed by atoms with Crippen LogP contribution in [0.5, 0.6) is 5.75 Å². The van der Waals surface area contributed by atoms with E-state index in [9.17, 15) is 4.39 Å². The van der Waals surface area contributed by atoms with Crippen LogP contribution in [0.2, 0.25) is 0 Å². The van der Waals surface area contributed by atoms with Crippen molar-refractivity contribution in [2.75, 3.05) is 31.1 Å². The molecule has 1 aromatic carbocycles. The van der Waals surface area contributed by atoms with Crippen LogP contribution in [0.25, 0.3) is 0 Å². The minimum absolute atomic E-state index is 0.229. The van der Waals surface area contributed by atoms with Crippen molar-refractivity contribution >= 4 is 5.69 Å². The molecule has 1 N–H and O–H groups in total. The molecule has 1 fully saturated rings. The molecule has 0 unspecified atom stereocenters. The lowest BCUT2D eigenvalue weighted by atomic mass is 10.1. The Kier molecular flexibility index (Phi) is 2.44. The molecule has 3 nitrogen and oxygen atoms in total. The predicted molar refractivity (Wildman–Crippen MR) is 60.5 cm³/mol. The first kappa shape index (κ1) is 9.90. The lowest BCUT2D eigenvalue weighted by molar-refractivity contribution is 0.302. The number of rotatable bonds is 0. The molecule has 16 heavy (non-hydrogen) atoms. The van der Waals surface area contributed by atoms with Crippen molar-refractivity contribution in [1.82, 2.24) is 5.32 Å². The van der Waals surface area contributed by atoms with E-state index in [1.54, 1.807) is 0 Å². The summed E-state index contributed by atoms with van der Waals surface area (Å²) in [4.78, 5) is 2.33. The summed E-state index contributed by atoms with van der Waals surface area (Å²) < 4.78 is 18.8. The Morgan fingerprint density at radius 1 is 1.44 bits per heavy atom. The molecule has 1 saturated heterocycles. The van der Waals surface area contributed by atoms with Gasteiger partial charge in [0.1, 0.15) is 11.6 Å². The average molecular weight is 222 g/mol. The van der Waals surface area contributed by atoms with Gasteiger partial charge in [-0.25, -0.2) is 4.39 Å². The van der Waals surface area contributed by atoms with E-state index in [1.807, 2.05) is 6.07 Å². The molecule has 0 bridgehead atoms. The van der Waals surface area contributed by atoms with E-state index >= 15 is 0 Å². The molecule has 0 aliphatic carbocycles. The number of nitrogens with zero attached hydrogens (tertiary/aromatic N) is 1. The van der Waals surface area contributed by atoms with Crippen molar-refractivity contribution in [3.8, 4) is 5.75 Å². The molecule has 0 aromatic heterocycles. The van der Waals surface area contributed by atoms with E-state index in [2.05, 4.69) is 10.2 Å². The van der Waals surface area contributed by atoms with Crippen LogP contribution in [0.4, 0.5) is 10.1 Å². The highest BCUT2D eigenvalue weighted by molar-refractivity contribution is 5.60. The van der Waals surface area contributed by atoms with Gasteiger partial charge < -0.3 is 15.0 Å². The maximum Gasteiger partial charge on any atom is 0.145 e. The van der Waals surface area contributed by atoms with Crippen molar-refractivity contribution in [2.24, 2.45) is 0 Å². The van der Waals surface area contributed by atoms with Crippen molar-refractivity contribution < 1.29 is 9.13 Å². The number of piperazine rings is 1. The average Bonchev–Trinajstić information content (AvgIpc) is 2.47. The second-order valence-corrected chi connectivity index (χ2v) is 4.30. The molecular weight excluding hydrogens is 207 g/mol. The van der Waals surface area contributed by atoms with E-state index in [-0.39, 0.29) is 5.82 Å². The van der Waals surface area contributed by atoms with Crippen LogP contribution >= 0.6 is 0 Å². The van der Waals surface area contributed by atoms with Crippen LogP contribution in [-0.4, -0.2) is 32.3 Å². The number of fused-ring (bicyclic) bond motifs is 3. The molecule has 2 heterocycles. The number of benzene rings is 1. The molecular formula is C12H15FN2O. The van der Waals surface area contributed by atoms with Crippen LogP contribution in [0.3, 0.4) is 0 Å². The van der Waals surface area contributed by atoms with Crippen LogP contribution in [0.15, 0.2) is 18.2 Å². The molecule has 86 valence electrons. The first-order valence-electron chi connectivity index (χ1n) is 5.74. The number of hydrogen-bond acceptors (Lipinski definition) is 3. The molecule has 0 amide bonds. The fourth-order valence-corrected chi connectivity index (χ4v) is 2.48. The molecule has 4 heteroatoms. The minimum atomic E-state index is -0.229. The monoisotopic (exact) mass is 222 g/mol. The molecule has 0 saturated carbocycles. The summed E-state index contributed by atoms with van der Waals surface area (Å²) in [6, 6.07) is 5.29. The summed E-state index contributed by atoms with van der Waals surface area (Å²) in [6.45, 7) is 3.60. The molecule has 1 aromatic rings. The summed E-state index contributed by atoms with van der Waals surface area (Å²) in [5.74, 6) is 0.455.